The van der Waals surface area contributed by atoms with Gasteiger partial charge in [-0.3, -0.25) is 0 Å². The zero-order valence-corrected chi connectivity index (χ0v) is 9.17. The second-order valence-electron chi connectivity index (χ2n) is 2.83. The van der Waals surface area contributed by atoms with E-state index in [0.717, 1.165) is 16.7 Å². The standard InChI is InChI=1S/C10H9NS2/c1-6-7(2)9(10(12)13)4-3-8(6)5-11/h3-4H,1-2H3,(H,12,13). The SMILES string of the molecule is Cc1c(C#N)ccc(C(=S)S)c1C. The molecule has 0 unspecified atom stereocenters. The summed E-state index contributed by atoms with van der Waals surface area (Å²) >= 11 is 9.09. The lowest BCUT2D eigenvalue weighted by molar-refractivity contribution is 1.30. The molecule has 0 aliphatic rings. The molecular weight excluding hydrogens is 198 g/mol. The average Bonchev–Trinajstić information content (AvgIpc) is 2.09. The van der Waals surface area contributed by atoms with Gasteiger partial charge < -0.3 is 0 Å². The summed E-state index contributed by atoms with van der Waals surface area (Å²) in [4.78, 5) is 0. The van der Waals surface area contributed by atoms with Crippen LogP contribution in [0.5, 0.6) is 0 Å². The van der Waals surface area contributed by atoms with Crippen LogP contribution in [0, 0.1) is 25.2 Å². The summed E-state index contributed by atoms with van der Waals surface area (Å²) in [6, 6.07) is 5.76. The lowest BCUT2D eigenvalue weighted by Gasteiger charge is -2.07. The van der Waals surface area contributed by atoms with Gasteiger partial charge in [-0.05, 0) is 31.0 Å². The van der Waals surface area contributed by atoms with Crippen molar-refractivity contribution in [2.24, 2.45) is 0 Å². The number of thiocarbonyl (C=S) groups is 1. The second kappa shape index (κ2) is 3.91. The van der Waals surface area contributed by atoms with Crippen LogP contribution in [0.2, 0.25) is 0 Å². The minimum absolute atomic E-state index is 0.574. The van der Waals surface area contributed by atoms with E-state index >= 15 is 0 Å². The van der Waals surface area contributed by atoms with Gasteiger partial charge >= 0.3 is 0 Å². The number of rotatable bonds is 1. The van der Waals surface area contributed by atoms with Gasteiger partial charge in [-0.25, -0.2) is 0 Å². The van der Waals surface area contributed by atoms with Crippen LogP contribution in [-0.2, 0) is 0 Å². The van der Waals surface area contributed by atoms with Crippen molar-refractivity contribution >= 4 is 29.0 Å². The molecular formula is C10H9NS2. The van der Waals surface area contributed by atoms with Crippen LogP contribution in [0.3, 0.4) is 0 Å². The molecule has 0 aliphatic carbocycles. The molecule has 1 aromatic carbocycles. The molecule has 0 amide bonds. The lowest BCUT2D eigenvalue weighted by Crippen LogP contribution is -1.97. The van der Waals surface area contributed by atoms with Gasteiger partial charge in [0.2, 0.25) is 0 Å². The molecule has 0 N–H and O–H groups in total. The Morgan fingerprint density at radius 1 is 1.38 bits per heavy atom. The van der Waals surface area contributed by atoms with Gasteiger partial charge in [-0.2, -0.15) is 5.26 Å². The van der Waals surface area contributed by atoms with Crippen molar-refractivity contribution in [2.75, 3.05) is 0 Å². The molecule has 0 aliphatic heterocycles. The predicted octanol–water partition coefficient (Wildman–Crippen LogP) is 2.78. The number of hydrogen-bond donors (Lipinski definition) is 1. The normalized spacial score (nSPS) is 9.38. The lowest BCUT2D eigenvalue weighted by atomic mass is 10.00. The summed E-state index contributed by atoms with van der Waals surface area (Å²) in [7, 11) is 0. The molecule has 1 nitrogen and oxygen atoms in total. The molecule has 0 saturated heterocycles. The highest BCUT2D eigenvalue weighted by Gasteiger charge is 2.06. The molecule has 66 valence electrons. The van der Waals surface area contributed by atoms with Gasteiger partial charge in [0.15, 0.2) is 0 Å². The van der Waals surface area contributed by atoms with Gasteiger partial charge in [0.05, 0.1) is 15.8 Å². The minimum atomic E-state index is 0.574. The molecule has 0 spiro atoms. The van der Waals surface area contributed by atoms with E-state index in [1.807, 2.05) is 19.9 Å². The zero-order valence-electron chi connectivity index (χ0n) is 7.46. The topological polar surface area (TPSA) is 23.8 Å². The molecule has 0 atom stereocenters. The van der Waals surface area contributed by atoms with Crippen LogP contribution in [0.25, 0.3) is 0 Å². The van der Waals surface area contributed by atoms with Gasteiger partial charge in [0.25, 0.3) is 0 Å². The van der Waals surface area contributed by atoms with E-state index in [-0.39, 0.29) is 0 Å². The first kappa shape index (κ1) is 10.2. The summed E-state index contributed by atoms with van der Waals surface area (Å²) < 4.78 is 0.574. The minimum Gasteiger partial charge on any atom is -0.192 e. The van der Waals surface area contributed by atoms with Crippen LogP contribution in [0.1, 0.15) is 22.3 Å². The Morgan fingerprint density at radius 3 is 2.46 bits per heavy atom. The Balaban J connectivity index is 3.42. The summed E-state index contributed by atoms with van der Waals surface area (Å²) in [5.74, 6) is 0. The van der Waals surface area contributed by atoms with E-state index in [0.29, 0.717) is 9.76 Å². The summed E-state index contributed by atoms with van der Waals surface area (Å²) in [5, 5.41) is 8.77. The smallest absolute Gasteiger partial charge is 0.0994 e. The number of thiol groups is 1. The van der Waals surface area contributed by atoms with E-state index in [4.69, 9.17) is 17.5 Å². The first-order valence-electron chi connectivity index (χ1n) is 3.81. The zero-order chi connectivity index (χ0) is 10.0. The fraction of sp³-hybridized carbons (Fsp3) is 0.200. The highest BCUT2D eigenvalue weighted by molar-refractivity contribution is 8.11. The molecule has 0 saturated carbocycles. The predicted molar refractivity (Wildman–Crippen MR) is 61.3 cm³/mol. The maximum Gasteiger partial charge on any atom is 0.0994 e. The quantitative estimate of drug-likeness (QED) is 0.565. The third kappa shape index (κ3) is 1.90. The molecule has 0 bridgehead atoms. The summed E-state index contributed by atoms with van der Waals surface area (Å²) in [5.41, 5.74) is 3.66. The molecule has 3 heteroatoms. The molecule has 1 aromatic rings. The highest BCUT2D eigenvalue weighted by atomic mass is 32.1. The molecule has 0 fully saturated rings. The fourth-order valence-corrected chi connectivity index (χ4v) is 1.64. The molecule has 0 heterocycles. The van der Waals surface area contributed by atoms with Crippen LogP contribution < -0.4 is 0 Å². The maximum absolute atomic E-state index is 8.77. The Kier molecular flexibility index (Phi) is 3.07. The van der Waals surface area contributed by atoms with Crippen molar-refractivity contribution in [3.05, 3.63) is 34.4 Å². The molecule has 0 radical (unpaired) electrons. The third-order valence-corrected chi connectivity index (χ3v) is 2.60. The van der Waals surface area contributed by atoms with E-state index in [1.165, 1.54) is 0 Å². The Hall–Kier alpha value is -0.850. The average molecular weight is 207 g/mol. The largest absolute Gasteiger partial charge is 0.192 e. The molecule has 1 rings (SSSR count). The van der Waals surface area contributed by atoms with Gasteiger partial charge in [-0.1, -0.05) is 18.3 Å². The van der Waals surface area contributed by atoms with Crippen molar-refractivity contribution in [1.82, 2.24) is 0 Å². The summed E-state index contributed by atoms with van der Waals surface area (Å²) in [6.07, 6.45) is 0. The highest BCUT2D eigenvalue weighted by Crippen LogP contribution is 2.19. The number of hydrogen-bond acceptors (Lipinski definition) is 2. The Labute approximate surface area is 88.8 Å². The molecule has 0 aromatic heterocycles. The first-order valence-corrected chi connectivity index (χ1v) is 4.67. The van der Waals surface area contributed by atoms with Crippen LogP contribution >= 0.6 is 24.8 Å². The Bertz CT molecular complexity index is 402. The number of nitrogens with zero attached hydrogens (tertiary/aromatic N) is 1. The van der Waals surface area contributed by atoms with E-state index in [2.05, 4.69) is 18.7 Å². The van der Waals surface area contributed by atoms with Crippen molar-refractivity contribution in [2.45, 2.75) is 13.8 Å². The second-order valence-corrected chi connectivity index (χ2v) is 3.99. The van der Waals surface area contributed by atoms with Crippen molar-refractivity contribution in [3.63, 3.8) is 0 Å². The number of nitriles is 1. The van der Waals surface area contributed by atoms with E-state index < -0.39 is 0 Å². The van der Waals surface area contributed by atoms with Crippen LogP contribution in [-0.4, -0.2) is 4.20 Å². The van der Waals surface area contributed by atoms with Crippen LogP contribution in [0.4, 0.5) is 0 Å². The van der Waals surface area contributed by atoms with Gasteiger partial charge in [0.1, 0.15) is 0 Å². The van der Waals surface area contributed by atoms with Gasteiger partial charge in [0, 0.05) is 5.56 Å². The Morgan fingerprint density at radius 2 is 2.00 bits per heavy atom. The van der Waals surface area contributed by atoms with Crippen molar-refractivity contribution in [3.8, 4) is 6.07 Å². The first-order chi connectivity index (χ1) is 6.07. The monoisotopic (exact) mass is 207 g/mol. The van der Waals surface area contributed by atoms with Crippen molar-refractivity contribution < 1.29 is 0 Å². The summed E-state index contributed by atoms with van der Waals surface area (Å²) in [6.45, 7) is 3.87. The van der Waals surface area contributed by atoms with Crippen LogP contribution in [0.15, 0.2) is 12.1 Å². The van der Waals surface area contributed by atoms with E-state index in [1.54, 1.807) is 6.07 Å². The third-order valence-electron chi connectivity index (χ3n) is 2.14. The van der Waals surface area contributed by atoms with E-state index in [9.17, 15) is 0 Å². The van der Waals surface area contributed by atoms with Gasteiger partial charge in [-0.15, -0.1) is 12.6 Å². The molecule has 13 heavy (non-hydrogen) atoms. The number of benzene rings is 1. The van der Waals surface area contributed by atoms with Crippen molar-refractivity contribution in [1.29, 1.82) is 5.26 Å². The maximum atomic E-state index is 8.77. The fourth-order valence-electron chi connectivity index (χ4n) is 1.17.